The van der Waals surface area contributed by atoms with Crippen LogP contribution in [-0.2, 0) is 9.68 Å². The Bertz CT molecular complexity index is 211. The zero-order valence-corrected chi connectivity index (χ0v) is 9.12. The van der Waals surface area contributed by atoms with E-state index in [1.165, 1.54) is 14.2 Å². The molecule has 8 nitrogen and oxygen atoms in total. The van der Waals surface area contributed by atoms with Gasteiger partial charge in [0.15, 0.2) is 0 Å². The summed E-state index contributed by atoms with van der Waals surface area (Å²) >= 11 is 0. The highest BCUT2D eigenvalue weighted by molar-refractivity contribution is 4.40. The average molecular weight is 220 g/mol. The summed E-state index contributed by atoms with van der Waals surface area (Å²) in [6.07, 6.45) is 0.854. The van der Waals surface area contributed by atoms with Crippen molar-refractivity contribution in [3.63, 3.8) is 0 Å². The van der Waals surface area contributed by atoms with Crippen molar-refractivity contribution in [3.05, 3.63) is 10.4 Å². The van der Waals surface area contributed by atoms with E-state index in [0.29, 0.717) is 12.8 Å². The third kappa shape index (κ3) is 4.99. The Morgan fingerprint density at radius 2 is 1.60 bits per heavy atom. The normalized spacial score (nSPS) is 14.9. The van der Waals surface area contributed by atoms with Gasteiger partial charge in [-0.2, -0.15) is 0 Å². The second-order valence-corrected chi connectivity index (χ2v) is 2.76. The second-order valence-electron chi connectivity index (χ2n) is 2.76. The topological polar surface area (TPSA) is 95.3 Å². The summed E-state index contributed by atoms with van der Waals surface area (Å²) in [5.74, 6) is 0. The Morgan fingerprint density at radius 3 is 1.93 bits per heavy atom. The number of rotatable bonds is 7. The van der Waals surface area contributed by atoms with E-state index in [0.717, 1.165) is 6.42 Å². The molecule has 0 aliphatic heterocycles. The quantitative estimate of drug-likeness (QED) is 0.281. The zero-order chi connectivity index (χ0) is 11.7. The van der Waals surface area contributed by atoms with Crippen molar-refractivity contribution in [2.45, 2.75) is 32.4 Å². The molecular weight excluding hydrogens is 204 g/mol. The van der Waals surface area contributed by atoms with Gasteiger partial charge in [-0.3, -0.25) is 0 Å². The smallest absolute Gasteiger partial charge is 0.416 e. The van der Waals surface area contributed by atoms with Gasteiger partial charge < -0.3 is 20.1 Å². The molecule has 15 heavy (non-hydrogen) atoms. The van der Waals surface area contributed by atoms with E-state index in [-0.39, 0.29) is 9.72 Å². The largest absolute Gasteiger partial charge is 0.592 e. The molecule has 0 bridgehead atoms. The lowest BCUT2D eigenvalue weighted by Gasteiger charge is -2.09. The third-order valence-electron chi connectivity index (χ3n) is 1.65. The Hall–Kier alpha value is -1.60. The van der Waals surface area contributed by atoms with Crippen LogP contribution in [0, 0.1) is 10.4 Å². The van der Waals surface area contributed by atoms with E-state index >= 15 is 0 Å². The molecule has 0 saturated carbocycles. The molecule has 0 rings (SSSR count). The monoisotopic (exact) mass is 220 g/mol. The van der Waals surface area contributed by atoms with Crippen molar-refractivity contribution in [3.8, 4) is 0 Å². The highest BCUT2D eigenvalue weighted by atomic mass is 16.7. The van der Waals surface area contributed by atoms with Gasteiger partial charge in [-0.15, -0.1) is 0 Å². The maximum atomic E-state index is 11.2. The van der Waals surface area contributed by atoms with Gasteiger partial charge in [0, 0.05) is 9.72 Å². The maximum Gasteiger partial charge on any atom is 0.416 e. The van der Waals surface area contributed by atoms with Crippen LogP contribution < -0.4 is 0 Å². The highest BCUT2D eigenvalue weighted by Gasteiger charge is 2.28. The lowest BCUT2D eigenvalue weighted by atomic mass is 10.2. The van der Waals surface area contributed by atoms with E-state index in [2.05, 4.69) is 20.2 Å². The van der Waals surface area contributed by atoms with Gasteiger partial charge >= 0.3 is 6.17 Å². The van der Waals surface area contributed by atoms with Crippen LogP contribution in [0.15, 0.2) is 10.6 Å². The first-order valence-electron chi connectivity index (χ1n) is 4.58. The van der Waals surface area contributed by atoms with E-state index < -0.39 is 6.17 Å². The molecule has 0 aliphatic rings. The van der Waals surface area contributed by atoms with Gasteiger partial charge in [-0.25, -0.2) is 0 Å². The molecule has 0 aromatic carbocycles. The standard InChI is InChI=1S/C7H16N4O4/c1-4-5-6-7(10(12)8-14-2)11(13)9-15-3/h7H,4-6H2,1-3H3. The summed E-state index contributed by atoms with van der Waals surface area (Å²) in [7, 11) is 2.45. The third-order valence-corrected chi connectivity index (χ3v) is 1.65. The van der Waals surface area contributed by atoms with Crippen LogP contribution >= 0.6 is 0 Å². The van der Waals surface area contributed by atoms with Crippen LogP contribution in [0.4, 0.5) is 0 Å². The molecule has 0 atom stereocenters. The van der Waals surface area contributed by atoms with Crippen LogP contribution in [0.2, 0.25) is 0 Å². The summed E-state index contributed by atoms with van der Waals surface area (Å²) in [6, 6.07) is 0. The lowest BCUT2D eigenvalue weighted by molar-refractivity contribution is -0.797. The minimum atomic E-state index is -1.05. The maximum absolute atomic E-state index is 11.2. The molecule has 88 valence electrons. The molecule has 0 radical (unpaired) electrons. The molecular formula is C7H16N4O4. The summed E-state index contributed by atoms with van der Waals surface area (Å²) in [4.78, 5) is 8.91. The fraction of sp³-hybridized carbons (Fsp3) is 1.00. The van der Waals surface area contributed by atoms with E-state index in [4.69, 9.17) is 0 Å². The predicted molar refractivity (Wildman–Crippen MR) is 49.4 cm³/mol. The molecule has 0 saturated heterocycles. The molecule has 0 aliphatic carbocycles. The molecule has 0 aromatic rings. The van der Waals surface area contributed by atoms with Crippen LogP contribution in [-0.4, -0.2) is 30.1 Å². The number of hydrogen-bond donors (Lipinski definition) is 0. The van der Waals surface area contributed by atoms with Crippen molar-refractivity contribution in [1.29, 1.82) is 0 Å². The zero-order valence-electron chi connectivity index (χ0n) is 9.12. The summed E-state index contributed by atoms with van der Waals surface area (Å²) < 4.78 is 0. The van der Waals surface area contributed by atoms with Crippen molar-refractivity contribution >= 4 is 0 Å². The van der Waals surface area contributed by atoms with Crippen molar-refractivity contribution in [2.75, 3.05) is 14.2 Å². The number of nitrogens with zero attached hydrogens (tertiary/aromatic N) is 4. The Balaban J connectivity index is 4.56. The van der Waals surface area contributed by atoms with Crippen LogP contribution in [0.1, 0.15) is 26.2 Å². The molecule has 0 aromatic heterocycles. The fourth-order valence-corrected chi connectivity index (χ4v) is 0.962. The summed E-state index contributed by atoms with van der Waals surface area (Å²) in [6.45, 7) is 1.95. The average Bonchev–Trinajstić information content (AvgIpc) is 2.19. The van der Waals surface area contributed by atoms with Crippen LogP contribution in [0.25, 0.3) is 0 Å². The Labute approximate surface area is 87.9 Å². The van der Waals surface area contributed by atoms with Crippen LogP contribution in [0.3, 0.4) is 0 Å². The first-order valence-corrected chi connectivity index (χ1v) is 4.58. The summed E-state index contributed by atoms with van der Waals surface area (Å²) in [5, 5.41) is 28.7. The summed E-state index contributed by atoms with van der Waals surface area (Å²) in [5.41, 5.74) is 0. The molecule has 0 N–H and O–H groups in total. The SMILES string of the molecule is CCCCC([N+]([O-])=NOC)[N+]([O-])=NOC. The minimum Gasteiger partial charge on any atom is -0.592 e. The molecule has 0 heterocycles. The van der Waals surface area contributed by atoms with Crippen LogP contribution in [0.5, 0.6) is 0 Å². The van der Waals surface area contributed by atoms with Gasteiger partial charge in [0.1, 0.15) is 14.2 Å². The number of unbranched alkanes of at least 4 members (excludes halogenated alkanes) is 1. The first kappa shape index (κ1) is 13.4. The van der Waals surface area contributed by atoms with Gasteiger partial charge in [0.2, 0.25) is 10.6 Å². The number of hydrogen-bond acceptors (Lipinski definition) is 6. The van der Waals surface area contributed by atoms with Gasteiger partial charge in [-0.05, 0) is 6.42 Å². The second kappa shape index (κ2) is 7.77. The number of hydroxylamine groups is 2. The van der Waals surface area contributed by atoms with Crippen molar-refractivity contribution in [1.82, 2.24) is 0 Å². The highest BCUT2D eigenvalue weighted by Crippen LogP contribution is 2.06. The van der Waals surface area contributed by atoms with Crippen molar-refractivity contribution in [2.24, 2.45) is 10.6 Å². The van der Waals surface area contributed by atoms with Crippen molar-refractivity contribution < 1.29 is 19.4 Å². The van der Waals surface area contributed by atoms with Gasteiger partial charge in [0.25, 0.3) is 0 Å². The molecule has 0 spiro atoms. The molecule has 0 fully saturated rings. The van der Waals surface area contributed by atoms with E-state index in [1.54, 1.807) is 0 Å². The minimum absolute atomic E-state index is 0.172. The molecule has 0 unspecified atom stereocenters. The van der Waals surface area contributed by atoms with Gasteiger partial charge in [-0.1, -0.05) is 13.3 Å². The first-order chi connectivity index (χ1) is 7.17. The van der Waals surface area contributed by atoms with E-state index in [1.807, 2.05) is 6.92 Å². The van der Waals surface area contributed by atoms with E-state index in [9.17, 15) is 10.4 Å². The Kier molecular flexibility index (Phi) is 6.94. The lowest BCUT2D eigenvalue weighted by Crippen LogP contribution is -2.30. The molecule has 0 amide bonds. The predicted octanol–water partition coefficient (Wildman–Crippen LogP) is 1.55. The van der Waals surface area contributed by atoms with Gasteiger partial charge in [0.05, 0.1) is 6.42 Å². The molecule has 8 heteroatoms. The Morgan fingerprint density at radius 1 is 1.13 bits per heavy atom. The fourth-order valence-electron chi connectivity index (χ4n) is 0.962.